The second-order valence-corrected chi connectivity index (χ2v) is 4.20. The largest absolute Gasteiger partial charge is 0.463 e. The summed E-state index contributed by atoms with van der Waals surface area (Å²) in [5, 5.41) is 2.93. The van der Waals surface area contributed by atoms with Gasteiger partial charge in [-0.2, -0.15) is 0 Å². The number of amides is 2. The van der Waals surface area contributed by atoms with Crippen molar-refractivity contribution in [2.24, 2.45) is 0 Å². The van der Waals surface area contributed by atoms with Gasteiger partial charge in [-0.25, -0.2) is 4.79 Å². The van der Waals surface area contributed by atoms with Crippen LogP contribution in [0.5, 0.6) is 0 Å². The number of esters is 1. The average molecular weight is 266 g/mol. The van der Waals surface area contributed by atoms with Gasteiger partial charge in [-0.15, -0.1) is 0 Å². The zero-order valence-electron chi connectivity index (χ0n) is 10.6. The molecule has 1 atom stereocenters. The molecular formula is C12H14N2O5. The molecule has 2 amide bonds. The molecule has 1 N–H and O–H groups in total. The van der Waals surface area contributed by atoms with E-state index in [0.717, 1.165) is 4.90 Å². The van der Waals surface area contributed by atoms with Gasteiger partial charge >= 0.3 is 5.97 Å². The van der Waals surface area contributed by atoms with E-state index in [4.69, 9.17) is 4.42 Å². The second kappa shape index (κ2) is 5.23. The molecule has 2 rings (SSSR count). The molecule has 0 aliphatic carbocycles. The Bertz CT molecular complexity index is 522. The van der Waals surface area contributed by atoms with Crippen LogP contribution in [-0.2, 0) is 20.9 Å². The number of carbonyl (C=O) groups is 3. The van der Waals surface area contributed by atoms with Crippen LogP contribution >= 0.6 is 0 Å². The molecule has 102 valence electrons. The standard InChI is InChI=1S/C12H14N2O5/c1-14-9(15)5-8(11(14)16)13-6-7-3-4-19-10(7)12(17)18-2/h3-4,8,13H,5-6H2,1-2H3. The van der Waals surface area contributed by atoms with E-state index in [0.29, 0.717) is 5.56 Å². The maximum Gasteiger partial charge on any atom is 0.374 e. The highest BCUT2D eigenvalue weighted by Gasteiger charge is 2.35. The number of likely N-dealkylation sites (N-methyl/N-ethyl adjacent to an activating group) is 1. The smallest absolute Gasteiger partial charge is 0.374 e. The van der Waals surface area contributed by atoms with E-state index in [1.165, 1.54) is 20.4 Å². The molecule has 0 saturated carbocycles. The minimum atomic E-state index is -0.576. The summed E-state index contributed by atoms with van der Waals surface area (Å²) in [6.07, 6.45) is 1.50. The van der Waals surface area contributed by atoms with E-state index >= 15 is 0 Å². The average Bonchev–Trinajstić information content (AvgIpc) is 2.96. The summed E-state index contributed by atoms with van der Waals surface area (Å²) in [5.41, 5.74) is 0.585. The number of imide groups is 1. The van der Waals surface area contributed by atoms with Crippen LogP contribution in [0.15, 0.2) is 16.7 Å². The molecule has 0 aromatic carbocycles. The summed E-state index contributed by atoms with van der Waals surface area (Å²) in [4.78, 5) is 35.5. The minimum absolute atomic E-state index is 0.0973. The summed E-state index contributed by atoms with van der Waals surface area (Å²) in [6, 6.07) is 1.06. The predicted molar refractivity (Wildman–Crippen MR) is 63.1 cm³/mol. The third kappa shape index (κ3) is 2.50. The second-order valence-electron chi connectivity index (χ2n) is 4.20. The van der Waals surface area contributed by atoms with Gasteiger partial charge in [-0.3, -0.25) is 14.5 Å². The Labute approximate surface area is 109 Å². The topological polar surface area (TPSA) is 88.8 Å². The third-order valence-corrected chi connectivity index (χ3v) is 3.04. The highest BCUT2D eigenvalue weighted by molar-refractivity contribution is 6.05. The summed E-state index contributed by atoms with van der Waals surface area (Å²) in [6.45, 7) is 0.248. The van der Waals surface area contributed by atoms with Crippen LogP contribution in [0.3, 0.4) is 0 Å². The fourth-order valence-corrected chi connectivity index (χ4v) is 1.89. The van der Waals surface area contributed by atoms with Crippen LogP contribution in [0.2, 0.25) is 0 Å². The van der Waals surface area contributed by atoms with Gasteiger partial charge in [0.05, 0.1) is 25.8 Å². The summed E-state index contributed by atoms with van der Waals surface area (Å²) in [5.74, 6) is -0.969. The highest BCUT2D eigenvalue weighted by atomic mass is 16.5. The number of nitrogens with zero attached hydrogens (tertiary/aromatic N) is 1. The van der Waals surface area contributed by atoms with Crippen molar-refractivity contribution in [2.45, 2.75) is 19.0 Å². The first-order valence-corrected chi connectivity index (χ1v) is 5.73. The molecular weight excluding hydrogens is 252 g/mol. The molecule has 1 unspecified atom stereocenters. The summed E-state index contributed by atoms with van der Waals surface area (Å²) < 4.78 is 9.60. The molecule has 0 bridgehead atoms. The van der Waals surface area contributed by atoms with Crippen LogP contribution in [0, 0.1) is 0 Å². The SMILES string of the molecule is COC(=O)c1occc1CNC1CC(=O)N(C)C1=O. The Morgan fingerprint density at radius 2 is 2.32 bits per heavy atom. The van der Waals surface area contributed by atoms with Crippen molar-refractivity contribution in [1.82, 2.24) is 10.2 Å². The lowest BCUT2D eigenvalue weighted by Crippen LogP contribution is -2.36. The quantitative estimate of drug-likeness (QED) is 0.605. The molecule has 1 aromatic heterocycles. The zero-order valence-corrected chi connectivity index (χ0v) is 10.6. The van der Waals surface area contributed by atoms with Crippen LogP contribution in [0.25, 0.3) is 0 Å². The van der Waals surface area contributed by atoms with Crippen LogP contribution < -0.4 is 5.32 Å². The van der Waals surface area contributed by atoms with Crippen LogP contribution in [-0.4, -0.2) is 42.9 Å². The summed E-state index contributed by atoms with van der Waals surface area (Å²) in [7, 11) is 2.71. The van der Waals surface area contributed by atoms with Crippen molar-refractivity contribution in [2.75, 3.05) is 14.2 Å². The molecule has 1 saturated heterocycles. The van der Waals surface area contributed by atoms with Crippen molar-refractivity contribution >= 4 is 17.8 Å². The van der Waals surface area contributed by atoms with Crippen molar-refractivity contribution in [3.63, 3.8) is 0 Å². The van der Waals surface area contributed by atoms with E-state index in [-0.39, 0.29) is 30.5 Å². The zero-order chi connectivity index (χ0) is 14.0. The maximum absolute atomic E-state index is 11.7. The number of furan rings is 1. The first kappa shape index (κ1) is 13.3. The minimum Gasteiger partial charge on any atom is -0.463 e. The van der Waals surface area contributed by atoms with E-state index in [1.807, 2.05) is 0 Å². The normalized spacial score (nSPS) is 19.1. The molecule has 1 aliphatic heterocycles. The van der Waals surface area contributed by atoms with Crippen molar-refractivity contribution in [1.29, 1.82) is 0 Å². The van der Waals surface area contributed by atoms with Gasteiger partial charge in [0.1, 0.15) is 0 Å². The lowest BCUT2D eigenvalue weighted by molar-refractivity contribution is -0.137. The number of hydrogen-bond acceptors (Lipinski definition) is 6. The molecule has 7 heteroatoms. The number of ether oxygens (including phenoxy) is 1. The Kier molecular flexibility index (Phi) is 3.66. The van der Waals surface area contributed by atoms with E-state index in [1.54, 1.807) is 6.07 Å². The van der Waals surface area contributed by atoms with Gasteiger partial charge in [0, 0.05) is 19.2 Å². The first-order chi connectivity index (χ1) is 9.04. The Balaban J connectivity index is 2.00. The molecule has 0 spiro atoms. The fourth-order valence-electron chi connectivity index (χ4n) is 1.89. The fraction of sp³-hybridized carbons (Fsp3) is 0.417. The van der Waals surface area contributed by atoms with Gasteiger partial charge in [0.15, 0.2) is 0 Å². The monoisotopic (exact) mass is 266 g/mol. The molecule has 1 aromatic rings. The number of rotatable bonds is 4. The van der Waals surface area contributed by atoms with Gasteiger partial charge in [0.25, 0.3) is 0 Å². The number of hydrogen-bond donors (Lipinski definition) is 1. The third-order valence-electron chi connectivity index (χ3n) is 3.04. The van der Waals surface area contributed by atoms with Crippen molar-refractivity contribution in [3.8, 4) is 0 Å². The number of nitrogens with one attached hydrogen (secondary N) is 1. The molecule has 1 fully saturated rings. The number of methoxy groups -OCH3 is 1. The molecule has 7 nitrogen and oxygen atoms in total. The maximum atomic E-state index is 11.7. The van der Waals surface area contributed by atoms with Gasteiger partial charge in [0.2, 0.25) is 17.6 Å². The molecule has 1 aliphatic rings. The molecule has 0 radical (unpaired) electrons. The van der Waals surface area contributed by atoms with E-state index in [9.17, 15) is 14.4 Å². The van der Waals surface area contributed by atoms with E-state index in [2.05, 4.69) is 10.1 Å². The number of carbonyl (C=O) groups excluding carboxylic acids is 3. The first-order valence-electron chi connectivity index (χ1n) is 5.73. The lowest BCUT2D eigenvalue weighted by Gasteiger charge is -2.10. The number of likely N-dealkylation sites (tertiary alicyclic amines) is 1. The van der Waals surface area contributed by atoms with Crippen LogP contribution in [0.1, 0.15) is 22.5 Å². The van der Waals surface area contributed by atoms with Gasteiger partial charge < -0.3 is 14.5 Å². The van der Waals surface area contributed by atoms with Gasteiger partial charge in [-0.1, -0.05) is 0 Å². The molecule has 2 heterocycles. The Hall–Kier alpha value is -2.15. The van der Waals surface area contributed by atoms with Crippen LogP contribution in [0.4, 0.5) is 0 Å². The Morgan fingerprint density at radius 3 is 2.89 bits per heavy atom. The van der Waals surface area contributed by atoms with E-state index < -0.39 is 12.0 Å². The van der Waals surface area contributed by atoms with Crippen molar-refractivity contribution in [3.05, 3.63) is 23.7 Å². The molecule has 19 heavy (non-hydrogen) atoms. The van der Waals surface area contributed by atoms with Crippen molar-refractivity contribution < 1.29 is 23.5 Å². The van der Waals surface area contributed by atoms with Gasteiger partial charge in [-0.05, 0) is 6.07 Å². The summed E-state index contributed by atoms with van der Waals surface area (Å²) >= 11 is 0. The highest BCUT2D eigenvalue weighted by Crippen LogP contribution is 2.15. The predicted octanol–water partition coefficient (Wildman–Crippen LogP) is -0.0869. The Morgan fingerprint density at radius 1 is 1.58 bits per heavy atom. The lowest BCUT2D eigenvalue weighted by atomic mass is 10.2.